The van der Waals surface area contributed by atoms with Crippen molar-refractivity contribution < 1.29 is 9.59 Å². The molecule has 2 aromatic rings. The third kappa shape index (κ3) is 3.79. The van der Waals surface area contributed by atoms with Crippen molar-refractivity contribution >= 4 is 17.5 Å². The third-order valence-electron chi connectivity index (χ3n) is 3.76. The number of aryl methyl sites for hydroxylation is 1. The lowest BCUT2D eigenvalue weighted by molar-refractivity contribution is -0.143. The number of carbonyl (C=O) groups excluding carboxylic acids is 2. The summed E-state index contributed by atoms with van der Waals surface area (Å²) in [4.78, 5) is 29.8. The highest BCUT2D eigenvalue weighted by Gasteiger charge is 2.22. The van der Waals surface area contributed by atoms with Crippen molar-refractivity contribution in [3.63, 3.8) is 0 Å². The Morgan fingerprint density at radius 3 is 2.83 bits per heavy atom. The highest BCUT2D eigenvalue weighted by atomic mass is 16.2. The first-order valence-electron chi connectivity index (χ1n) is 7.47. The Morgan fingerprint density at radius 2 is 2.21 bits per heavy atom. The topological polar surface area (TPSA) is 91.0 Å². The normalized spacial score (nSPS) is 11.4. The second-order valence-electron chi connectivity index (χ2n) is 5.52. The summed E-state index contributed by atoms with van der Waals surface area (Å²) in [6, 6.07) is 8.78. The second-order valence-corrected chi connectivity index (χ2v) is 5.52. The van der Waals surface area contributed by atoms with Crippen LogP contribution in [-0.4, -0.2) is 39.4 Å². The van der Waals surface area contributed by atoms with Gasteiger partial charge < -0.3 is 14.8 Å². The van der Waals surface area contributed by atoms with Crippen LogP contribution in [0.1, 0.15) is 13.3 Å². The van der Waals surface area contributed by atoms with Crippen LogP contribution in [-0.2, 0) is 16.6 Å². The van der Waals surface area contributed by atoms with E-state index in [1.54, 1.807) is 31.3 Å². The minimum Gasteiger partial charge on any atom is -0.334 e. The van der Waals surface area contributed by atoms with E-state index in [-0.39, 0.29) is 12.5 Å². The molecule has 7 nitrogen and oxygen atoms in total. The van der Waals surface area contributed by atoms with Crippen molar-refractivity contribution in [3.05, 3.63) is 36.7 Å². The zero-order valence-corrected chi connectivity index (χ0v) is 13.9. The van der Waals surface area contributed by atoms with Gasteiger partial charge >= 0.3 is 11.8 Å². The van der Waals surface area contributed by atoms with Gasteiger partial charge in [0.15, 0.2) is 0 Å². The molecule has 0 aliphatic rings. The Bertz CT molecular complexity index is 790. The van der Waals surface area contributed by atoms with E-state index in [2.05, 4.69) is 10.3 Å². The highest BCUT2D eigenvalue weighted by Crippen LogP contribution is 2.20. The number of nitrogens with zero attached hydrogens (tertiary/aromatic N) is 4. The van der Waals surface area contributed by atoms with Crippen LogP contribution >= 0.6 is 0 Å². The number of imidazole rings is 1. The number of rotatable bonds is 4. The van der Waals surface area contributed by atoms with Crippen molar-refractivity contribution in [2.24, 2.45) is 7.05 Å². The van der Waals surface area contributed by atoms with Crippen molar-refractivity contribution in [1.29, 1.82) is 5.26 Å². The summed E-state index contributed by atoms with van der Waals surface area (Å²) in [6.07, 6.45) is 3.69. The molecule has 0 aliphatic heterocycles. The zero-order valence-electron chi connectivity index (χ0n) is 13.9. The van der Waals surface area contributed by atoms with Crippen molar-refractivity contribution in [1.82, 2.24) is 14.5 Å². The molecule has 2 amide bonds. The molecule has 0 saturated carbocycles. The van der Waals surface area contributed by atoms with Gasteiger partial charge in [-0.1, -0.05) is 12.1 Å². The average Bonchev–Trinajstić information content (AvgIpc) is 3.00. The molecule has 0 radical (unpaired) electrons. The number of benzene rings is 1. The van der Waals surface area contributed by atoms with Crippen LogP contribution in [0.4, 0.5) is 5.69 Å². The van der Waals surface area contributed by atoms with Gasteiger partial charge in [-0.25, -0.2) is 4.98 Å². The van der Waals surface area contributed by atoms with Gasteiger partial charge in [-0.3, -0.25) is 9.59 Å². The largest absolute Gasteiger partial charge is 0.334 e. The Kier molecular flexibility index (Phi) is 5.32. The minimum absolute atomic E-state index is 0.171. The zero-order chi connectivity index (χ0) is 17.7. The van der Waals surface area contributed by atoms with Gasteiger partial charge in [0, 0.05) is 43.8 Å². The third-order valence-corrected chi connectivity index (χ3v) is 3.76. The fraction of sp³-hybridized carbons (Fsp3) is 0.294. The summed E-state index contributed by atoms with van der Waals surface area (Å²) in [7, 11) is 3.39. The van der Waals surface area contributed by atoms with E-state index in [4.69, 9.17) is 5.26 Å². The van der Waals surface area contributed by atoms with Crippen LogP contribution < -0.4 is 5.32 Å². The van der Waals surface area contributed by atoms with E-state index in [1.807, 2.05) is 29.9 Å². The molecule has 1 aromatic carbocycles. The fourth-order valence-corrected chi connectivity index (χ4v) is 2.19. The van der Waals surface area contributed by atoms with Crippen LogP contribution in [0.25, 0.3) is 11.4 Å². The average molecular weight is 325 g/mol. The smallest absolute Gasteiger partial charge is 0.313 e. The first-order valence-corrected chi connectivity index (χ1v) is 7.47. The molecule has 124 valence electrons. The molecule has 1 N–H and O–H groups in total. The predicted octanol–water partition coefficient (Wildman–Crippen LogP) is 1.79. The van der Waals surface area contributed by atoms with Crippen molar-refractivity contribution in [3.8, 4) is 17.5 Å². The van der Waals surface area contributed by atoms with Gasteiger partial charge in [0.2, 0.25) is 0 Å². The van der Waals surface area contributed by atoms with Crippen molar-refractivity contribution in [2.45, 2.75) is 19.4 Å². The van der Waals surface area contributed by atoms with Gasteiger partial charge in [-0.05, 0) is 19.1 Å². The Balaban J connectivity index is 2.11. The summed E-state index contributed by atoms with van der Waals surface area (Å²) >= 11 is 0. The molecule has 1 aromatic heterocycles. The van der Waals surface area contributed by atoms with Crippen LogP contribution in [0.15, 0.2) is 36.7 Å². The lowest BCUT2D eigenvalue weighted by atomic mass is 10.2. The second kappa shape index (κ2) is 7.42. The molecule has 0 unspecified atom stereocenters. The molecule has 0 spiro atoms. The van der Waals surface area contributed by atoms with Gasteiger partial charge in [-0.15, -0.1) is 0 Å². The summed E-state index contributed by atoms with van der Waals surface area (Å²) in [5, 5.41) is 11.3. The number of anilines is 1. The molecule has 1 atom stereocenters. The van der Waals surface area contributed by atoms with E-state index in [1.165, 1.54) is 11.9 Å². The van der Waals surface area contributed by atoms with Crippen molar-refractivity contribution in [2.75, 3.05) is 12.4 Å². The standard InChI is InChI=1S/C17H19N5O2/c1-12(7-8-18)22(3)17(24)16(23)20-14-6-4-5-13(11-14)15-19-9-10-21(15)2/h4-6,9-12H,7H2,1-3H3,(H,20,23)/t12-/m1/s1. The highest BCUT2D eigenvalue weighted by molar-refractivity contribution is 6.39. The summed E-state index contributed by atoms with van der Waals surface area (Å²) in [6.45, 7) is 1.72. The maximum absolute atomic E-state index is 12.1. The Labute approximate surface area is 140 Å². The Hall–Kier alpha value is -3.14. The van der Waals surface area contributed by atoms with E-state index in [0.717, 1.165) is 11.4 Å². The summed E-state index contributed by atoms with van der Waals surface area (Å²) < 4.78 is 1.86. The number of likely N-dealkylation sites (N-methyl/N-ethyl adjacent to an activating group) is 1. The van der Waals surface area contributed by atoms with Crippen LogP contribution in [0.3, 0.4) is 0 Å². The summed E-state index contributed by atoms with van der Waals surface area (Å²) in [5.41, 5.74) is 1.34. The maximum atomic E-state index is 12.1. The van der Waals surface area contributed by atoms with Crippen LogP contribution in [0.2, 0.25) is 0 Å². The quantitative estimate of drug-likeness (QED) is 0.868. The lowest BCUT2D eigenvalue weighted by Gasteiger charge is -2.22. The number of hydrogen-bond donors (Lipinski definition) is 1. The molecule has 2 rings (SSSR count). The summed E-state index contributed by atoms with van der Waals surface area (Å²) in [5.74, 6) is -0.656. The molecular formula is C17H19N5O2. The van der Waals surface area contributed by atoms with E-state index < -0.39 is 11.8 Å². The molecule has 0 saturated heterocycles. The molecule has 0 aliphatic carbocycles. The molecule has 1 heterocycles. The maximum Gasteiger partial charge on any atom is 0.313 e. The fourth-order valence-electron chi connectivity index (χ4n) is 2.19. The molecule has 0 bridgehead atoms. The number of carbonyl (C=O) groups is 2. The SMILES string of the molecule is C[C@H](CC#N)N(C)C(=O)C(=O)Nc1cccc(-c2nccn2C)c1. The first kappa shape index (κ1) is 17.2. The van der Waals surface area contributed by atoms with Gasteiger partial charge in [0.05, 0.1) is 12.5 Å². The van der Waals surface area contributed by atoms with E-state index >= 15 is 0 Å². The number of nitrogens with one attached hydrogen (secondary N) is 1. The number of nitriles is 1. The Morgan fingerprint density at radius 1 is 1.46 bits per heavy atom. The monoisotopic (exact) mass is 325 g/mol. The van der Waals surface area contributed by atoms with Crippen LogP contribution in [0, 0.1) is 11.3 Å². The van der Waals surface area contributed by atoms with Gasteiger partial charge in [0.1, 0.15) is 5.82 Å². The number of aromatic nitrogens is 2. The molecule has 0 fully saturated rings. The number of amides is 2. The lowest BCUT2D eigenvalue weighted by Crippen LogP contribution is -2.42. The minimum atomic E-state index is -0.737. The first-order chi connectivity index (χ1) is 11.4. The van der Waals surface area contributed by atoms with E-state index in [9.17, 15) is 9.59 Å². The molecular weight excluding hydrogens is 306 g/mol. The van der Waals surface area contributed by atoms with Crippen LogP contribution in [0.5, 0.6) is 0 Å². The molecule has 24 heavy (non-hydrogen) atoms. The van der Waals surface area contributed by atoms with Gasteiger partial charge in [-0.2, -0.15) is 5.26 Å². The predicted molar refractivity (Wildman–Crippen MR) is 89.7 cm³/mol. The van der Waals surface area contributed by atoms with E-state index in [0.29, 0.717) is 5.69 Å². The molecule has 7 heteroatoms. The number of hydrogen-bond acceptors (Lipinski definition) is 4. The van der Waals surface area contributed by atoms with Gasteiger partial charge in [0.25, 0.3) is 0 Å².